The van der Waals surface area contributed by atoms with Gasteiger partial charge in [0, 0.05) is 41.5 Å². The van der Waals surface area contributed by atoms with E-state index in [2.05, 4.69) is 23.7 Å². The third-order valence-corrected chi connectivity index (χ3v) is 6.34. The molecule has 1 aliphatic rings. The van der Waals surface area contributed by atoms with Gasteiger partial charge in [-0.2, -0.15) is 0 Å². The summed E-state index contributed by atoms with van der Waals surface area (Å²) >= 11 is 12.1. The fraction of sp³-hybridized carbons (Fsp3) is 0.480. The number of aromatic nitrogens is 1. The number of hydrogen-bond donors (Lipinski definition) is 0. The van der Waals surface area contributed by atoms with Crippen LogP contribution in [0.1, 0.15) is 54.7 Å². The van der Waals surface area contributed by atoms with Gasteiger partial charge < -0.3 is 4.90 Å². The van der Waals surface area contributed by atoms with Crippen LogP contribution in [0.3, 0.4) is 0 Å². The molecule has 2 aromatic rings. The van der Waals surface area contributed by atoms with Gasteiger partial charge in [-0.3, -0.25) is 14.6 Å². The van der Waals surface area contributed by atoms with Crippen LogP contribution in [0.5, 0.6) is 0 Å². The number of pyridine rings is 1. The van der Waals surface area contributed by atoms with Crippen LogP contribution in [0, 0.1) is 11.8 Å². The van der Waals surface area contributed by atoms with E-state index in [0.717, 1.165) is 43.6 Å². The van der Waals surface area contributed by atoms with Gasteiger partial charge in [-0.25, -0.2) is 0 Å². The number of carbonyl (C=O) groups excluding carboxylic acids is 2. The number of halogens is 2. The molecule has 1 aromatic carbocycles. The smallest absolute Gasteiger partial charge is 0.184 e. The van der Waals surface area contributed by atoms with E-state index in [9.17, 15) is 9.59 Å². The molecule has 0 spiro atoms. The van der Waals surface area contributed by atoms with Crippen LogP contribution in [0.4, 0.5) is 0 Å². The Morgan fingerprint density at radius 3 is 2.48 bits per heavy atom. The molecule has 0 amide bonds. The average molecular weight is 461 g/mol. The predicted octanol–water partition coefficient (Wildman–Crippen LogP) is 5.68. The lowest BCUT2D eigenvalue weighted by Crippen LogP contribution is -2.38. The number of carbonyl (C=O) groups is 2. The zero-order valence-electron chi connectivity index (χ0n) is 18.2. The maximum Gasteiger partial charge on any atom is 0.184 e. The number of hydrogen-bond acceptors (Lipinski definition) is 4. The largest absolute Gasteiger partial charge is 0.303 e. The highest BCUT2D eigenvalue weighted by molar-refractivity contribution is 6.35. The quantitative estimate of drug-likeness (QED) is 0.451. The molecule has 0 bridgehead atoms. The van der Waals surface area contributed by atoms with E-state index in [1.807, 2.05) is 6.07 Å². The van der Waals surface area contributed by atoms with Gasteiger partial charge in [0.1, 0.15) is 11.5 Å². The summed E-state index contributed by atoms with van der Waals surface area (Å²) < 4.78 is 0. The molecule has 0 radical (unpaired) electrons. The van der Waals surface area contributed by atoms with E-state index in [1.54, 1.807) is 30.5 Å². The summed E-state index contributed by atoms with van der Waals surface area (Å²) in [5, 5.41) is 1.07. The van der Waals surface area contributed by atoms with E-state index in [1.165, 1.54) is 0 Å². The molecule has 1 saturated heterocycles. The summed E-state index contributed by atoms with van der Waals surface area (Å²) in [5.41, 5.74) is 2.28. The Morgan fingerprint density at radius 1 is 1.13 bits per heavy atom. The van der Waals surface area contributed by atoms with Crippen molar-refractivity contribution in [2.45, 2.75) is 46.0 Å². The van der Waals surface area contributed by atoms with Crippen molar-refractivity contribution in [1.29, 1.82) is 0 Å². The van der Waals surface area contributed by atoms with E-state index < -0.39 is 0 Å². The molecule has 0 aliphatic carbocycles. The Balaban J connectivity index is 1.47. The normalized spacial score (nSPS) is 15.4. The van der Waals surface area contributed by atoms with Crippen LogP contribution >= 0.6 is 23.2 Å². The third-order valence-electron chi connectivity index (χ3n) is 5.75. The van der Waals surface area contributed by atoms with Crippen molar-refractivity contribution >= 4 is 34.8 Å². The van der Waals surface area contributed by atoms with Gasteiger partial charge in [-0.15, -0.1) is 0 Å². The minimum absolute atomic E-state index is 0.0625. The second-order valence-electron chi connectivity index (χ2n) is 8.84. The molecule has 6 heteroatoms. The van der Waals surface area contributed by atoms with Crippen molar-refractivity contribution in [3.8, 4) is 0 Å². The number of rotatable bonds is 9. The molecule has 3 rings (SSSR count). The molecule has 4 nitrogen and oxygen atoms in total. The van der Waals surface area contributed by atoms with Crippen molar-refractivity contribution in [3.63, 3.8) is 0 Å². The molecular weight excluding hydrogens is 431 g/mol. The third kappa shape index (κ3) is 7.13. The number of nitrogens with zero attached hydrogens (tertiary/aromatic N) is 2. The van der Waals surface area contributed by atoms with Gasteiger partial charge in [0.25, 0.3) is 0 Å². The molecule has 0 atom stereocenters. The number of benzene rings is 1. The molecule has 0 saturated carbocycles. The Morgan fingerprint density at radius 2 is 1.87 bits per heavy atom. The molecule has 0 N–H and O–H groups in total. The molecule has 1 aliphatic heterocycles. The Kier molecular flexibility index (Phi) is 8.65. The topological polar surface area (TPSA) is 50.3 Å². The lowest BCUT2D eigenvalue weighted by Gasteiger charge is -2.32. The van der Waals surface area contributed by atoms with Gasteiger partial charge in [-0.1, -0.05) is 49.2 Å². The molecule has 0 unspecified atom stereocenters. The van der Waals surface area contributed by atoms with Crippen LogP contribution in [0.15, 0.2) is 36.5 Å². The predicted molar refractivity (Wildman–Crippen MR) is 126 cm³/mol. The maximum atomic E-state index is 12.8. The standard InChI is InChI=1S/C25H30Cl2N2O2/c1-17(2)16-29-11-9-19(10-12-29)25(31)24-8-4-18(15-28-24)3-7-22(30)13-20-5-6-21(26)14-23(20)27/h4-6,8,14-15,17,19H,3,7,9-13,16H2,1-2H3. The summed E-state index contributed by atoms with van der Waals surface area (Å²) in [6, 6.07) is 8.90. The minimum atomic E-state index is 0.0625. The van der Waals surface area contributed by atoms with Gasteiger partial charge >= 0.3 is 0 Å². The lowest BCUT2D eigenvalue weighted by atomic mass is 9.90. The first-order chi connectivity index (χ1) is 14.8. The molecule has 166 valence electrons. The van der Waals surface area contributed by atoms with E-state index in [0.29, 0.717) is 34.5 Å². The zero-order valence-corrected chi connectivity index (χ0v) is 19.8. The van der Waals surface area contributed by atoms with Crippen molar-refractivity contribution in [1.82, 2.24) is 9.88 Å². The average Bonchev–Trinajstić information content (AvgIpc) is 2.74. The summed E-state index contributed by atoms with van der Waals surface area (Å²) in [6.45, 7) is 7.50. The molecule has 2 heterocycles. The van der Waals surface area contributed by atoms with Gasteiger partial charge in [-0.05, 0) is 67.6 Å². The monoisotopic (exact) mass is 460 g/mol. The first-order valence-electron chi connectivity index (χ1n) is 11.0. The highest BCUT2D eigenvalue weighted by Crippen LogP contribution is 2.23. The molecule has 31 heavy (non-hydrogen) atoms. The first-order valence-corrected chi connectivity index (χ1v) is 11.7. The fourth-order valence-electron chi connectivity index (χ4n) is 4.07. The number of likely N-dealkylation sites (tertiary alicyclic amines) is 1. The number of piperidine rings is 1. The number of Topliss-reactive ketones (excluding diaryl/α,β-unsaturated/α-hetero) is 2. The zero-order chi connectivity index (χ0) is 22.4. The number of aryl methyl sites for hydroxylation is 1. The SMILES string of the molecule is CC(C)CN1CCC(C(=O)c2ccc(CCC(=O)Cc3ccc(Cl)cc3Cl)cn2)CC1. The summed E-state index contributed by atoms with van der Waals surface area (Å²) in [7, 11) is 0. The van der Waals surface area contributed by atoms with Crippen molar-refractivity contribution in [3.05, 3.63) is 63.4 Å². The molecule has 1 fully saturated rings. The van der Waals surface area contributed by atoms with Crippen LogP contribution in [0.25, 0.3) is 0 Å². The summed E-state index contributed by atoms with van der Waals surface area (Å²) in [6.07, 6.45) is 4.81. The van der Waals surface area contributed by atoms with E-state index >= 15 is 0 Å². The molecule has 1 aromatic heterocycles. The highest BCUT2D eigenvalue weighted by Gasteiger charge is 2.26. The fourth-order valence-corrected chi connectivity index (χ4v) is 4.55. The summed E-state index contributed by atoms with van der Waals surface area (Å²) in [5.74, 6) is 0.964. The van der Waals surface area contributed by atoms with Gasteiger partial charge in [0.05, 0.1) is 0 Å². The van der Waals surface area contributed by atoms with Crippen molar-refractivity contribution in [2.24, 2.45) is 11.8 Å². The second-order valence-corrected chi connectivity index (χ2v) is 9.68. The Bertz CT molecular complexity index is 904. The lowest BCUT2D eigenvalue weighted by molar-refractivity contribution is -0.118. The van der Waals surface area contributed by atoms with E-state index in [-0.39, 0.29) is 23.9 Å². The van der Waals surface area contributed by atoms with Crippen LogP contribution in [0.2, 0.25) is 10.0 Å². The van der Waals surface area contributed by atoms with Gasteiger partial charge in [0.2, 0.25) is 0 Å². The summed E-state index contributed by atoms with van der Waals surface area (Å²) in [4.78, 5) is 32.0. The number of ketones is 2. The first kappa shape index (κ1) is 23.9. The second kappa shape index (κ2) is 11.2. The van der Waals surface area contributed by atoms with Gasteiger partial charge in [0.15, 0.2) is 5.78 Å². The Labute approximate surface area is 195 Å². The van der Waals surface area contributed by atoms with Crippen molar-refractivity contribution < 1.29 is 9.59 Å². The van der Waals surface area contributed by atoms with E-state index in [4.69, 9.17) is 23.2 Å². The minimum Gasteiger partial charge on any atom is -0.303 e. The maximum absolute atomic E-state index is 12.8. The van der Waals surface area contributed by atoms with Crippen LogP contribution in [-0.4, -0.2) is 41.1 Å². The van der Waals surface area contributed by atoms with Crippen LogP contribution in [-0.2, 0) is 17.6 Å². The van der Waals surface area contributed by atoms with Crippen LogP contribution < -0.4 is 0 Å². The van der Waals surface area contributed by atoms with Crippen molar-refractivity contribution in [2.75, 3.05) is 19.6 Å². The molecular formula is C25H30Cl2N2O2. The Hall–Kier alpha value is -1.75. The highest BCUT2D eigenvalue weighted by atomic mass is 35.5.